The van der Waals surface area contributed by atoms with Crippen LogP contribution in [0.2, 0.25) is 0 Å². The summed E-state index contributed by atoms with van der Waals surface area (Å²) in [5.41, 5.74) is 0.898. The van der Waals surface area contributed by atoms with Gasteiger partial charge < -0.3 is 10.6 Å². The molecule has 0 aromatic heterocycles. The molecule has 1 aromatic carbocycles. The Balaban J connectivity index is 1.59. The summed E-state index contributed by atoms with van der Waals surface area (Å²) in [6.07, 6.45) is 3.60. The van der Waals surface area contributed by atoms with Crippen molar-refractivity contribution < 1.29 is 9.18 Å². The molecule has 1 aliphatic rings. The van der Waals surface area contributed by atoms with Crippen LogP contribution in [0.5, 0.6) is 0 Å². The molecule has 0 bridgehead atoms. The molecule has 0 spiro atoms. The zero-order valence-corrected chi connectivity index (χ0v) is 12.3. The molecule has 1 saturated carbocycles. The van der Waals surface area contributed by atoms with Gasteiger partial charge in [-0.25, -0.2) is 4.39 Å². The van der Waals surface area contributed by atoms with Crippen molar-refractivity contribution in [2.75, 3.05) is 6.54 Å². The lowest BCUT2D eigenvalue weighted by Gasteiger charge is -2.06. The van der Waals surface area contributed by atoms with Crippen LogP contribution >= 0.6 is 15.9 Å². The fraction of sp³-hybridized carbons (Fsp3) is 0.500. The van der Waals surface area contributed by atoms with Gasteiger partial charge >= 0.3 is 0 Å². The maximum atomic E-state index is 13.1. The van der Waals surface area contributed by atoms with Gasteiger partial charge in [0.2, 0.25) is 5.91 Å². The van der Waals surface area contributed by atoms with Crippen LogP contribution in [0.4, 0.5) is 4.39 Å². The Labute approximate surface area is 121 Å². The number of carbonyl (C=O) groups excluding carboxylic acids is 1. The van der Waals surface area contributed by atoms with Gasteiger partial charge in [0.1, 0.15) is 5.82 Å². The molecule has 0 atom stereocenters. The number of rotatable bonds is 7. The van der Waals surface area contributed by atoms with Crippen molar-refractivity contribution in [1.82, 2.24) is 10.6 Å². The van der Waals surface area contributed by atoms with E-state index in [-0.39, 0.29) is 11.7 Å². The van der Waals surface area contributed by atoms with E-state index in [1.54, 1.807) is 0 Å². The summed E-state index contributed by atoms with van der Waals surface area (Å²) in [7, 11) is 0. The Hall–Kier alpha value is -0.940. The van der Waals surface area contributed by atoms with Gasteiger partial charge in [0.15, 0.2) is 0 Å². The average Bonchev–Trinajstić information content (AvgIpc) is 3.11. The van der Waals surface area contributed by atoms with Crippen LogP contribution in [0.1, 0.15) is 31.2 Å². The molecule has 2 rings (SSSR count). The van der Waals surface area contributed by atoms with E-state index in [1.807, 2.05) is 6.07 Å². The average molecular weight is 329 g/mol. The zero-order valence-electron chi connectivity index (χ0n) is 10.7. The van der Waals surface area contributed by atoms with Crippen LogP contribution in [0.15, 0.2) is 22.7 Å². The molecule has 0 aliphatic heterocycles. The van der Waals surface area contributed by atoms with E-state index in [9.17, 15) is 9.18 Å². The topological polar surface area (TPSA) is 41.1 Å². The van der Waals surface area contributed by atoms with Gasteiger partial charge in [0.25, 0.3) is 0 Å². The van der Waals surface area contributed by atoms with Crippen LogP contribution in [0, 0.1) is 5.82 Å². The Bertz CT molecular complexity index is 429. The number of halogens is 2. The summed E-state index contributed by atoms with van der Waals surface area (Å²) in [6, 6.07) is 5.27. The third-order valence-corrected chi connectivity index (χ3v) is 3.41. The molecule has 0 saturated heterocycles. The first-order valence-electron chi connectivity index (χ1n) is 6.58. The molecular formula is C14H18BrFN2O. The lowest BCUT2D eigenvalue weighted by Crippen LogP contribution is -2.26. The first kappa shape index (κ1) is 14.5. The Morgan fingerprint density at radius 3 is 2.84 bits per heavy atom. The fourth-order valence-corrected chi connectivity index (χ4v) is 2.36. The maximum Gasteiger partial charge on any atom is 0.220 e. The zero-order chi connectivity index (χ0) is 13.7. The molecule has 5 heteroatoms. The number of hydrogen-bond donors (Lipinski definition) is 2. The third kappa shape index (κ3) is 5.70. The lowest BCUT2D eigenvalue weighted by molar-refractivity contribution is -0.121. The second-order valence-corrected chi connectivity index (χ2v) is 5.82. The third-order valence-electron chi connectivity index (χ3n) is 2.95. The molecule has 104 valence electrons. The highest BCUT2D eigenvalue weighted by molar-refractivity contribution is 9.10. The first-order chi connectivity index (χ1) is 9.13. The fourth-order valence-electron chi connectivity index (χ4n) is 1.85. The van der Waals surface area contributed by atoms with Gasteiger partial charge in [-0.15, -0.1) is 0 Å². The van der Waals surface area contributed by atoms with Gasteiger partial charge in [0.05, 0.1) is 0 Å². The highest BCUT2D eigenvalue weighted by atomic mass is 79.9. The highest BCUT2D eigenvalue weighted by Gasteiger charge is 2.22. The van der Waals surface area contributed by atoms with Crippen molar-refractivity contribution in [3.63, 3.8) is 0 Å². The second-order valence-electron chi connectivity index (χ2n) is 4.90. The lowest BCUT2D eigenvalue weighted by atomic mass is 10.2. The van der Waals surface area contributed by atoms with Crippen molar-refractivity contribution in [2.45, 2.75) is 38.3 Å². The molecule has 2 N–H and O–H groups in total. The van der Waals surface area contributed by atoms with Crippen LogP contribution < -0.4 is 10.6 Å². The van der Waals surface area contributed by atoms with Gasteiger partial charge in [-0.3, -0.25) is 4.79 Å². The van der Waals surface area contributed by atoms with E-state index in [0.29, 0.717) is 19.0 Å². The Morgan fingerprint density at radius 1 is 1.37 bits per heavy atom. The molecular weight excluding hydrogens is 311 g/mol. The summed E-state index contributed by atoms with van der Waals surface area (Å²) in [4.78, 5) is 11.4. The smallest absolute Gasteiger partial charge is 0.220 e. The van der Waals surface area contributed by atoms with Gasteiger partial charge in [-0.1, -0.05) is 15.9 Å². The minimum atomic E-state index is -0.241. The summed E-state index contributed by atoms with van der Waals surface area (Å²) < 4.78 is 13.9. The summed E-state index contributed by atoms with van der Waals surface area (Å²) >= 11 is 3.26. The highest BCUT2D eigenvalue weighted by Crippen LogP contribution is 2.18. The molecule has 1 fully saturated rings. The number of hydrogen-bond acceptors (Lipinski definition) is 2. The van der Waals surface area contributed by atoms with Crippen molar-refractivity contribution >= 4 is 21.8 Å². The summed E-state index contributed by atoms with van der Waals surface area (Å²) in [5.74, 6) is -0.104. The molecule has 1 aromatic rings. The molecule has 1 aliphatic carbocycles. The number of benzene rings is 1. The van der Waals surface area contributed by atoms with Crippen molar-refractivity contribution in [3.05, 3.63) is 34.1 Å². The van der Waals surface area contributed by atoms with Crippen LogP contribution in [0.25, 0.3) is 0 Å². The van der Waals surface area contributed by atoms with E-state index in [2.05, 4.69) is 26.6 Å². The standard InChI is InChI=1S/C14H18BrFN2O/c15-11-6-10(7-12(16)8-11)9-17-5-1-2-14(19)18-13-3-4-13/h6-8,13,17H,1-5,9H2,(H,18,19). The minimum Gasteiger partial charge on any atom is -0.353 e. The van der Waals surface area contributed by atoms with Gasteiger partial charge in [0, 0.05) is 23.5 Å². The monoisotopic (exact) mass is 328 g/mol. The van der Waals surface area contributed by atoms with E-state index in [1.165, 1.54) is 12.1 Å². The SMILES string of the molecule is O=C(CCCNCc1cc(F)cc(Br)c1)NC1CC1. The van der Waals surface area contributed by atoms with Crippen LogP contribution in [-0.2, 0) is 11.3 Å². The molecule has 19 heavy (non-hydrogen) atoms. The largest absolute Gasteiger partial charge is 0.353 e. The molecule has 0 unspecified atom stereocenters. The Morgan fingerprint density at radius 2 is 2.16 bits per heavy atom. The van der Waals surface area contributed by atoms with Gasteiger partial charge in [-0.2, -0.15) is 0 Å². The molecule has 0 radical (unpaired) electrons. The first-order valence-corrected chi connectivity index (χ1v) is 7.38. The molecule has 3 nitrogen and oxygen atoms in total. The van der Waals surface area contributed by atoms with E-state index in [4.69, 9.17) is 0 Å². The van der Waals surface area contributed by atoms with Crippen LogP contribution in [0.3, 0.4) is 0 Å². The predicted molar refractivity (Wildman–Crippen MR) is 76.2 cm³/mol. The van der Waals surface area contributed by atoms with Gasteiger partial charge in [-0.05, 0) is 49.6 Å². The maximum absolute atomic E-state index is 13.1. The van der Waals surface area contributed by atoms with Crippen molar-refractivity contribution in [3.8, 4) is 0 Å². The van der Waals surface area contributed by atoms with E-state index >= 15 is 0 Å². The predicted octanol–water partition coefficient (Wildman–Crippen LogP) is 2.74. The normalized spacial score (nSPS) is 14.4. The minimum absolute atomic E-state index is 0.137. The summed E-state index contributed by atoms with van der Waals surface area (Å²) in [6.45, 7) is 1.37. The summed E-state index contributed by atoms with van der Waals surface area (Å²) in [5, 5.41) is 6.17. The quantitative estimate of drug-likeness (QED) is 0.755. The van der Waals surface area contributed by atoms with E-state index < -0.39 is 0 Å². The second kappa shape index (κ2) is 7.01. The number of carbonyl (C=O) groups is 1. The van der Waals surface area contributed by atoms with Crippen LogP contribution in [-0.4, -0.2) is 18.5 Å². The van der Waals surface area contributed by atoms with Crippen molar-refractivity contribution in [1.29, 1.82) is 0 Å². The van der Waals surface area contributed by atoms with Crippen molar-refractivity contribution in [2.24, 2.45) is 0 Å². The molecule has 1 amide bonds. The number of amides is 1. The molecule has 0 heterocycles. The number of nitrogens with one attached hydrogen (secondary N) is 2. The Kier molecular flexibility index (Phi) is 5.34. The van der Waals surface area contributed by atoms with E-state index in [0.717, 1.165) is 35.8 Å².